The van der Waals surface area contributed by atoms with Gasteiger partial charge in [-0.05, 0) is 36.1 Å². The molecule has 0 N–H and O–H groups in total. The molecule has 2 aromatic carbocycles. The number of allylic oxidation sites excluding steroid dienone is 1. The maximum absolute atomic E-state index is 13.7. The molecule has 0 amide bonds. The number of carbonyl (C=O) groups is 1. The predicted molar refractivity (Wildman–Crippen MR) is 140 cm³/mol. The quantitative estimate of drug-likeness (QED) is 0.371. The molecule has 1 unspecified atom stereocenters. The molecule has 1 atom stereocenters. The first-order chi connectivity index (χ1) is 17.4. The molecule has 7 heteroatoms. The number of thiazole rings is 1. The van der Waals surface area contributed by atoms with Crippen molar-refractivity contribution in [1.29, 1.82) is 0 Å². The summed E-state index contributed by atoms with van der Waals surface area (Å²) in [6, 6.07) is 20.9. The maximum atomic E-state index is 13.7. The lowest BCUT2D eigenvalue weighted by Crippen LogP contribution is -2.39. The zero-order chi connectivity index (χ0) is 25.4. The van der Waals surface area contributed by atoms with Gasteiger partial charge in [0.15, 0.2) is 4.80 Å². The number of ether oxygens (including phenoxy) is 1. The van der Waals surface area contributed by atoms with Crippen LogP contribution in [-0.2, 0) is 9.53 Å². The van der Waals surface area contributed by atoms with Crippen molar-refractivity contribution < 1.29 is 13.9 Å². The molecule has 1 aliphatic rings. The van der Waals surface area contributed by atoms with Gasteiger partial charge < -0.3 is 9.15 Å². The van der Waals surface area contributed by atoms with Crippen LogP contribution >= 0.6 is 11.3 Å². The van der Waals surface area contributed by atoms with Crippen LogP contribution in [0.2, 0.25) is 0 Å². The van der Waals surface area contributed by atoms with Crippen LogP contribution in [0.1, 0.15) is 49.6 Å². The molecule has 3 heterocycles. The highest BCUT2D eigenvalue weighted by Crippen LogP contribution is 2.31. The molecule has 0 saturated heterocycles. The lowest BCUT2D eigenvalue weighted by Gasteiger charge is -2.24. The van der Waals surface area contributed by atoms with Crippen molar-refractivity contribution in [3.05, 3.63) is 115 Å². The number of carbonyl (C=O) groups excluding carboxylic acids is 1. The van der Waals surface area contributed by atoms with E-state index >= 15 is 0 Å². The molecule has 0 aliphatic carbocycles. The lowest BCUT2D eigenvalue weighted by atomic mass is 9.93. The fourth-order valence-electron chi connectivity index (χ4n) is 4.39. The molecular weight excluding hydrogens is 472 g/mol. The number of fused-ring (bicyclic) bond motifs is 1. The Morgan fingerprint density at radius 3 is 2.47 bits per heavy atom. The van der Waals surface area contributed by atoms with Gasteiger partial charge in [0, 0.05) is 11.6 Å². The van der Waals surface area contributed by atoms with E-state index in [0.29, 0.717) is 32.3 Å². The second-order valence-electron chi connectivity index (χ2n) is 8.96. The van der Waals surface area contributed by atoms with Gasteiger partial charge in [-0.2, -0.15) is 0 Å². The minimum atomic E-state index is -0.631. The monoisotopic (exact) mass is 498 g/mol. The molecule has 0 fully saturated rings. The first-order valence-electron chi connectivity index (χ1n) is 11.7. The van der Waals surface area contributed by atoms with Crippen LogP contribution in [0, 0.1) is 0 Å². The summed E-state index contributed by atoms with van der Waals surface area (Å²) in [6.45, 7) is 6.03. The Morgan fingerprint density at radius 1 is 1.08 bits per heavy atom. The van der Waals surface area contributed by atoms with E-state index in [1.807, 2.05) is 66.7 Å². The van der Waals surface area contributed by atoms with Gasteiger partial charge in [0.25, 0.3) is 5.56 Å². The first-order valence-corrected chi connectivity index (χ1v) is 12.5. The second-order valence-corrected chi connectivity index (χ2v) is 9.97. The largest absolute Gasteiger partial charge is 0.466 e. The van der Waals surface area contributed by atoms with Gasteiger partial charge in [0.05, 0.1) is 29.0 Å². The Bertz CT molecular complexity index is 1640. The molecule has 1 aliphatic heterocycles. The molecule has 6 nitrogen and oxygen atoms in total. The third-order valence-electron chi connectivity index (χ3n) is 6.30. The topological polar surface area (TPSA) is 73.8 Å². The Balaban J connectivity index is 1.64. The van der Waals surface area contributed by atoms with Crippen LogP contribution in [0.15, 0.2) is 92.2 Å². The number of esters is 1. The first kappa shape index (κ1) is 23.8. The van der Waals surface area contributed by atoms with Crippen LogP contribution in [0.25, 0.3) is 17.4 Å². The standard InChI is InChI=1S/C29H26N2O4S/c1-17(2)19-10-12-21(13-11-19)26-25(28(33)34-4)18(3)30-29-31(26)27(32)24(36-29)16-22-14-15-23(35-22)20-8-6-5-7-9-20/h5-17,26H,1-4H3. The highest BCUT2D eigenvalue weighted by atomic mass is 32.1. The van der Waals surface area contributed by atoms with Gasteiger partial charge in [-0.25, -0.2) is 9.79 Å². The summed E-state index contributed by atoms with van der Waals surface area (Å²) in [6.07, 6.45) is 1.73. The van der Waals surface area contributed by atoms with E-state index in [1.54, 1.807) is 17.6 Å². The number of hydrogen-bond donors (Lipinski definition) is 0. The lowest BCUT2D eigenvalue weighted by molar-refractivity contribution is -0.136. The minimum absolute atomic E-state index is 0.233. The van der Waals surface area contributed by atoms with Gasteiger partial charge >= 0.3 is 5.97 Å². The summed E-state index contributed by atoms with van der Waals surface area (Å²) in [5, 5.41) is 0. The van der Waals surface area contributed by atoms with E-state index in [0.717, 1.165) is 16.9 Å². The van der Waals surface area contributed by atoms with Crippen LogP contribution in [-0.4, -0.2) is 17.6 Å². The van der Waals surface area contributed by atoms with Crippen LogP contribution in [0.5, 0.6) is 0 Å². The van der Waals surface area contributed by atoms with Crippen molar-refractivity contribution in [1.82, 2.24) is 4.57 Å². The normalized spacial score (nSPS) is 15.7. The van der Waals surface area contributed by atoms with Crippen LogP contribution in [0.4, 0.5) is 0 Å². The molecule has 182 valence electrons. The average Bonchev–Trinajstić information content (AvgIpc) is 3.48. The fourth-order valence-corrected chi connectivity index (χ4v) is 5.42. The van der Waals surface area contributed by atoms with Crippen molar-refractivity contribution in [3.63, 3.8) is 0 Å². The highest BCUT2D eigenvalue weighted by Gasteiger charge is 2.33. The zero-order valence-corrected chi connectivity index (χ0v) is 21.3. The molecule has 2 aromatic heterocycles. The molecule has 36 heavy (non-hydrogen) atoms. The number of nitrogens with zero attached hydrogens (tertiary/aromatic N) is 2. The maximum Gasteiger partial charge on any atom is 0.338 e. The zero-order valence-electron chi connectivity index (χ0n) is 20.5. The van der Waals surface area contributed by atoms with E-state index in [2.05, 4.69) is 18.8 Å². The third kappa shape index (κ3) is 4.27. The van der Waals surface area contributed by atoms with Gasteiger partial charge in [0.2, 0.25) is 0 Å². The van der Waals surface area contributed by atoms with Gasteiger partial charge in [-0.3, -0.25) is 9.36 Å². The van der Waals surface area contributed by atoms with Crippen molar-refractivity contribution in [2.45, 2.75) is 32.7 Å². The van der Waals surface area contributed by atoms with Crippen molar-refractivity contribution in [2.24, 2.45) is 4.99 Å². The van der Waals surface area contributed by atoms with E-state index in [9.17, 15) is 9.59 Å². The van der Waals surface area contributed by atoms with Gasteiger partial charge in [0.1, 0.15) is 11.5 Å². The van der Waals surface area contributed by atoms with E-state index in [-0.39, 0.29) is 5.56 Å². The molecule has 4 aromatic rings. The van der Waals surface area contributed by atoms with E-state index in [4.69, 9.17) is 9.15 Å². The van der Waals surface area contributed by atoms with Crippen LogP contribution in [0.3, 0.4) is 0 Å². The van der Waals surface area contributed by atoms with Crippen molar-refractivity contribution in [3.8, 4) is 11.3 Å². The Morgan fingerprint density at radius 2 is 1.81 bits per heavy atom. The fraction of sp³-hybridized carbons (Fsp3) is 0.207. The third-order valence-corrected chi connectivity index (χ3v) is 7.29. The van der Waals surface area contributed by atoms with Crippen LogP contribution < -0.4 is 14.9 Å². The summed E-state index contributed by atoms with van der Waals surface area (Å²) >= 11 is 1.28. The molecule has 5 rings (SSSR count). The van der Waals surface area contributed by atoms with Gasteiger partial charge in [-0.1, -0.05) is 79.8 Å². The van der Waals surface area contributed by atoms with Gasteiger partial charge in [-0.15, -0.1) is 0 Å². The summed E-state index contributed by atoms with van der Waals surface area (Å²) in [4.78, 5) is 31.6. The Labute approximate surface area is 212 Å². The molecule has 0 spiro atoms. The number of methoxy groups -OCH3 is 1. The SMILES string of the molecule is COC(=O)C1=C(C)N=c2sc(=Cc3ccc(-c4ccccc4)o3)c(=O)n2C1c1ccc(C(C)C)cc1. The smallest absolute Gasteiger partial charge is 0.338 e. The number of aromatic nitrogens is 1. The molecular formula is C29H26N2O4S. The Kier molecular flexibility index (Phi) is 6.33. The second kappa shape index (κ2) is 9.59. The van der Waals surface area contributed by atoms with Crippen molar-refractivity contribution >= 4 is 23.4 Å². The Hall–Kier alpha value is -3.97. The van der Waals surface area contributed by atoms with E-state index < -0.39 is 12.0 Å². The molecule has 0 radical (unpaired) electrons. The summed E-state index contributed by atoms with van der Waals surface area (Å²) in [5.74, 6) is 1.16. The summed E-state index contributed by atoms with van der Waals surface area (Å²) < 4.78 is 13.1. The number of hydrogen-bond acceptors (Lipinski definition) is 6. The highest BCUT2D eigenvalue weighted by molar-refractivity contribution is 7.07. The van der Waals surface area contributed by atoms with Crippen molar-refractivity contribution in [2.75, 3.05) is 7.11 Å². The summed E-state index contributed by atoms with van der Waals surface area (Å²) in [7, 11) is 1.34. The minimum Gasteiger partial charge on any atom is -0.466 e. The predicted octanol–water partition coefficient (Wildman–Crippen LogP) is 4.79. The number of furan rings is 1. The molecule has 0 saturated carbocycles. The summed E-state index contributed by atoms with van der Waals surface area (Å²) in [5.41, 5.74) is 3.63. The number of benzene rings is 2. The van der Waals surface area contributed by atoms with E-state index in [1.165, 1.54) is 24.0 Å². The molecule has 0 bridgehead atoms. The number of rotatable bonds is 5. The average molecular weight is 499 g/mol.